The van der Waals surface area contributed by atoms with Gasteiger partial charge in [-0.1, -0.05) is 20.3 Å². The van der Waals surface area contributed by atoms with Gasteiger partial charge in [0.15, 0.2) is 0 Å². The topological polar surface area (TPSA) is 29.5 Å². The minimum atomic E-state index is -0.253. The van der Waals surface area contributed by atoms with E-state index in [4.69, 9.17) is 9.84 Å². The lowest BCUT2D eigenvalue weighted by Gasteiger charge is -2.08. The van der Waals surface area contributed by atoms with E-state index in [1.54, 1.807) is 0 Å². The van der Waals surface area contributed by atoms with Gasteiger partial charge < -0.3 is 9.84 Å². The standard InChI is InChI=1S/C8H18O2/c1-3-5-8(9)7-10-6-4-2/h8-9H,3-7H2,1-2H3/t8-/m0/s1. The highest BCUT2D eigenvalue weighted by Crippen LogP contribution is 1.96. The zero-order valence-corrected chi connectivity index (χ0v) is 6.97. The van der Waals surface area contributed by atoms with E-state index in [0.717, 1.165) is 25.9 Å². The zero-order valence-electron chi connectivity index (χ0n) is 6.97. The Morgan fingerprint density at radius 2 is 2.00 bits per heavy atom. The fourth-order valence-corrected chi connectivity index (χ4v) is 0.780. The molecule has 2 heteroatoms. The molecule has 0 rings (SSSR count). The van der Waals surface area contributed by atoms with E-state index in [0.29, 0.717) is 6.61 Å². The van der Waals surface area contributed by atoms with Gasteiger partial charge in [0.25, 0.3) is 0 Å². The first-order chi connectivity index (χ1) is 4.81. The summed E-state index contributed by atoms with van der Waals surface area (Å²) < 4.78 is 5.15. The van der Waals surface area contributed by atoms with Crippen molar-refractivity contribution in [3.8, 4) is 0 Å². The minimum absolute atomic E-state index is 0.253. The molecule has 0 aliphatic rings. The molecular formula is C8H18O2. The van der Waals surface area contributed by atoms with Crippen LogP contribution in [0.3, 0.4) is 0 Å². The largest absolute Gasteiger partial charge is 0.391 e. The summed E-state index contributed by atoms with van der Waals surface area (Å²) in [5.41, 5.74) is 0. The molecule has 0 amide bonds. The molecule has 62 valence electrons. The van der Waals surface area contributed by atoms with Crippen molar-refractivity contribution in [2.75, 3.05) is 13.2 Å². The zero-order chi connectivity index (χ0) is 7.82. The predicted molar refractivity (Wildman–Crippen MR) is 42.0 cm³/mol. The summed E-state index contributed by atoms with van der Waals surface area (Å²) in [7, 11) is 0. The maximum Gasteiger partial charge on any atom is 0.0773 e. The molecule has 0 unspecified atom stereocenters. The highest BCUT2D eigenvalue weighted by Gasteiger charge is 2.00. The average Bonchev–Trinajstić information content (AvgIpc) is 1.89. The monoisotopic (exact) mass is 146 g/mol. The van der Waals surface area contributed by atoms with Gasteiger partial charge >= 0.3 is 0 Å². The highest BCUT2D eigenvalue weighted by atomic mass is 16.5. The van der Waals surface area contributed by atoms with Crippen molar-refractivity contribution in [1.82, 2.24) is 0 Å². The molecule has 0 saturated carbocycles. The van der Waals surface area contributed by atoms with Gasteiger partial charge in [-0.25, -0.2) is 0 Å². The summed E-state index contributed by atoms with van der Waals surface area (Å²) in [6.45, 7) is 5.39. The molecule has 0 aromatic heterocycles. The van der Waals surface area contributed by atoms with Crippen LogP contribution in [-0.4, -0.2) is 24.4 Å². The van der Waals surface area contributed by atoms with Crippen LogP contribution in [0.1, 0.15) is 33.1 Å². The Kier molecular flexibility index (Phi) is 6.98. The minimum Gasteiger partial charge on any atom is -0.391 e. The molecule has 0 heterocycles. The maximum atomic E-state index is 9.15. The van der Waals surface area contributed by atoms with Crippen LogP contribution in [-0.2, 0) is 4.74 Å². The van der Waals surface area contributed by atoms with Crippen molar-refractivity contribution >= 4 is 0 Å². The van der Waals surface area contributed by atoms with Crippen molar-refractivity contribution in [3.63, 3.8) is 0 Å². The normalized spacial score (nSPS) is 13.5. The number of aliphatic hydroxyl groups is 1. The van der Waals surface area contributed by atoms with Gasteiger partial charge in [-0.3, -0.25) is 0 Å². The Bertz CT molecular complexity index is 64.3. The van der Waals surface area contributed by atoms with Crippen molar-refractivity contribution in [1.29, 1.82) is 0 Å². The van der Waals surface area contributed by atoms with Crippen LogP contribution < -0.4 is 0 Å². The molecule has 0 aliphatic heterocycles. The predicted octanol–water partition coefficient (Wildman–Crippen LogP) is 1.57. The van der Waals surface area contributed by atoms with E-state index in [9.17, 15) is 0 Å². The molecule has 2 nitrogen and oxygen atoms in total. The van der Waals surface area contributed by atoms with Crippen LogP contribution in [0.25, 0.3) is 0 Å². The first-order valence-corrected chi connectivity index (χ1v) is 4.07. The quantitative estimate of drug-likeness (QED) is 0.576. The van der Waals surface area contributed by atoms with Crippen molar-refractivity contribution in [2.24, 2.45) is 0 Å². The number of aliphatic hydroxyl groups excluding tert-OH is 1. The molecule has 0 radical (unpaired) electrons. The van der Waals surface area contributed by atoms with Crippen molar-refractivity contribution in [3.05, 3.63) is 0 Å². The number of hydrogen-bond acceptors (Lipinski definition) is 2. The summed E-state index contributed by atoms with van der Waals surface area (Å²) in [5.74, 6) is 0. The van der Waals surface area contributed by atoms with E-state index in [2.05, 4.69) is 13.8 Å². The first-order valence-electron chi connectivity index (χ1n) is 4.07. The second-order valence-corrected chi connectivity index (χ2v) is 2.52. The summed E-state index contributed by atoms with van der Waals surface area (Å²) in [6, 6.07) is 0. The fraction of sp³-hybridized carbons (Fsp3) is 1.00. The Morgan fingerprint density at radius 3 is 2.50 bits per heavy atom. The Balaban J connectivity index is 2.97. The summed E-state index contributed by atoms with van der Waals surface area (Å²) in [5, 5.41) is 9.15. The van der Waals surface area contributed by atoms with Crippen LogP contribution >= 0.6 is 0 Å². The van der Waals surface area contributed by atoms with Crippen LogP contribution in [0.15, 0.2) is 0 Å². The van der Waals surface area contributed by atoms with Gasteiger partial charge in [0, 0.05) is 6.61 Å². The number of rotatable bonds is 6. The second-order valence-electron chi connectivity index (χ2n) is 2.52. The highest BCUT2D eigenvalue weighted by molar-refractivity contribution is 4.50. The lowest BCUT2D eigenvalue weighted by atomic mass is 10.2. The molecule has 0 aromatic rings. The van der Waals surface area contributed by atoms with Gasteiger partial charge in [-0.05, 0) is 12.8 Å². The molecule has 0 fully saturated rings. The van der Waals surface area contributed by atoms with Gasteiger partial charge in [-0.15, -0.1) is 0 Å². The third-order valence-corrected chi connectivity index (χ3v) is 1.28. The summed E-state index contributed by atoms with van der Waals surface area (Å²) >= 11 is 0. The van der Waals surface area contributed by atoms with E-state index in [1.807, 2.05) is 0 Å². The van der Waals surface area contributed by atoms with Gasteiger partial charge in [0.2, 0.25) is 0 Å². The molecule has 0 aliphatic carbocycles. The molecule has 0 bridgehead atoms. The van der Waals surface area contributed by atoms with Crippen molar-refractivity contribution in [2.45, 2.75) is 39.2 Å². The molecule has 0 saturated heterocycles. The Morgan fingerprint density at radius 1 is 1.30 bits per heavy atom. The van der Waals surface area contributed by atoms with E-state index < -0.39 is 0 Å². The second kappa shape index (κ2) is 7.03. The van der Waals surface area contributed by atoms with E-state index in [1.165, 1.54) is 0 Å². The third-order valence-electron chi connectivity index (χ3n) is 1.28. The molecule has 1 atom stereocenters. The van der Waals surface area contributed by atoms with Crippen LogP contribution in [0.5, 0.6) is 0 Å². The number of ether oxygens (including phenoxy) is 1. The summed E-state index contributed by atoms with van der Waals surface area (Å²) in [4.78, 5) is 0. The molecule has 0 spiro atoms. The van der Waals surface area contributed by atoms with Crippen LogP contribution in [0.4, 0.5) is 0 Å². The SMILES string of the molecule is CCCOC[C@@H](O)CCC. The Hall–Kier alpha value is -0.0800. The first kappa shape index (κ1) is 9.92. The van der Waals surface area contributed by atoms with Gasteiger partial charge in [0.05, 0.1) is 12.7 Å². The number of hydrogen-bond donors (Lipinski definition) is 1. The lowest BCUT2D eigenvalue weighted by Crippen LogP contribution is -2.14. The molecular weight excluding hydrogens is 128 g/mol. The van der Waals surface area contributed by atoms with E-state index >= 15 is 0 Å². The molecule has 1 N–H and O–H groups in total. The average molecular weight is 146 g/mol. The van der Waals surface area contributed by atoms with E-state index in [-0.39, 0.29) is 6.10 Å². The lowest BCUT2D eigenvalue weighted by molar-refractivity contribution is 0.0325. The van der Waals surface area contributed by atoms with Crippen LogP contribution in [0.2, 0.25) is 0 Å². The fourth-order valence-electron chi connectivity index (χ4n) is 0.780. The third kappa shape index (κ3) is 6.05. The van der Waals surface area contributed by atoms with Crippen LogP contribution in [0, 0.1) is 0 Å². The summed E-state index contributed by atoms with van der Waals surface area (Å²) in [6.07, 6.45) is 2.65. The van der Waals surface area contributed by atoms with Gasteiger partial charge in [-0.2, -0.15) is 0 Å². The van der Waals surface area contributed by atoms with Crippen molar-refractivity contribution < 1.29 is 9.84 Å². The van der Waals surface area contributed by atoms with Gasteiger partial charge in [0.1, 0.15) is 0 Å². The maximum absolute atomic E-state index is 9.15. The smallest absolute Gasteiger partial charge is 0.0773 e. The molecule has 10 heavy (non-hydrogen) atoms. The molecule has 0 aromatic carbocycles. The Labute approximate surface area is 63.2 Å².